The lowest BCUT2D eigenvalue weighted by molar-refractivity contribution is 0.507. The first kappa shape index (κ1) is 11.0. The van der Waals surface area contributed by atoms with E-state index in [0.717, 1.165) is 30.0 Å². The van der Waals surface area contributed by atoms with Crippen molar-refractivity contribution in [3.63, 3.8) is 0 Å². The topological polar surface area (TPSA) is 42.2 Å². The van der Waals surface area contributed by atoms with Crippen LogP contribution < -0.4 is 10.6 Å². The Hall–Kier alpha value is -1.13. The molecule has 2 aromatic rings. The van der Waals surface area contributed by atoms with Crippen molar-refractivity contribution in [2.75, 3.05) is 18.0 Å². The molecule has 0 amide bonds. The van der Waals surface area contributed by atoms with Crippen LogP contribution in [0.15, 0.2) is 18.2 Å². The number of nitrogens with two attached hydrogens (primary N) is 1. The molecule has 3 rings (SSSR count). The first-order chi connectivity index (χ1) is 8.24. The molecule has 0 aliphatic carbocycles. The van der Waals surface area contributed by atoms with Gasteiger partial charge in [-0.05, 0) is 31.9 Å². The second-order valence-corrected chi connectivity index (χ2v) is 5.91. The van der Waals surface area contributed by atoms with Crippen molar-refractivity contribution in [3.05, 3.63) is 23.2 Å². The van der Waals surface area contributed by atoms with Gasteiger partial charge in [0.05, 0.1) is 20.9 Å². The fourth-order valence-corrected chi connectivity index (χ4v) is 3.48. The summed E-state index contributed by atoms with van der Waals surface area (Å²) >= 11 is 1.78. The lowest BCUT2D eigenvalue weighted by Crippen LogP contribution is -2.42. The Balaban J connectivity index is 2.04. The third kappa shape index (κ3) is 2.03. The van der Waals surface area contributed by atoms with Gasteiger partial charge < -0.3 is 10.6 Å². The number of aryl methyl sites for hydroxylation is 1. The highest BCUT2D eigenvalue weighted by molar-refractivity contribution is 7.19. The van der Waals surface area contributed by atoms with E-state index in [-0.39, 0.29) is 0 Å². The molecular formula is C13H17N3S. The number of piperidine rings is 1. The Morgan fingerprint density at radius 3 is 3.18 bits per heavy atom. The summed E-state index contributed by atoms with van der Waals surface area (Å²) < 4.78 is 1.30. The summed E-state index contributed by atoms with van der Waals surface area (Å²) in [5.74, 6) is 0. The molecule has 1 aliphatic heterocycles. The van der Waals surface area contributed by atoms with Crippen LogP contribution >= 0.6 is 11.3 Å². The number of hydrogen-bond donors (Lipinski definition) is 1. The molecular weight excluding hydrogens is 230 g/mol. The molecule has 3 nitrogen and oxygen atoms in total. The van der Waals surface area contributed by atoms with Crippen molar-refractivity contribution in [2.45, 2.75) is 25.8 Å². The van der Waals surface area contributed by atoms with Crippen molar-refractivity contribution in [1.82, 2.24) is 4.98 Å². The molecule has 1 saturated heterocycles. The lowest BCUT2D eigenvalue weighted by atomic mass is 10.1. The molecule has 2 heterocycles. The molecule has 0 saturated carbocycles. The summed E-state index contributed by atoms with van der Waals surface area (Å²) in [5, 5.41) is 1.13. The maximum Gasteiger partial charge on any atom is 0.0908 e. The van der Waals surface area contributed by atoms with Crippen LogP contribution in [-0.2, 0) is 0 Å². The molecule has 0 spiro atoms. The fourth-order valence-electron chi connectivity index (χ4n) is 2.52. The average molecular weight is 247 g/mol. The number of benzene rings is 1. The monoisotopic (exact) mass is 247 g/mol. The quantitative estimate of drug-likeness (QED) is 0.842. The predicted octanol–water partition coefficient (Wildman–Crippen LogP) is 2.53. The van der Waals surface area contributed by atoms with Gasteiger partial charge in [0.15, 0.2) is 0 Å². The predicted molar refractivity (Wildman–Crippen MR) is 73.8 cm³/mol. The molecule has 2 N–H and O–H groups in total. The van der Waals surface area contributed by atoms with E-state index in [2.05, 4.69) is 35.0 Å². The van der Waals surface area contributed by atoms with Gasteiger partial charge in [-0.1, -0.05) is 6.07 Å². The second kappa shape index (κ2) is 4.27. The summed E-state index contributed by atoms with van der Waals surface area (Å²) in [4.78, 5) is 6.96. The van der Waals surface area contributed by atoms with Crippen LogP contribution in [0.1, 0.15) is 17.8 Å². The summed E-state index contributed by atoms with van der Waals surface area (Å²) in [6, 6.07) is 6.69. The molecule has 0 bridgehead atoms. The van der Waals surface area contributed by atoms with Crippen LogP contribution in [0.25, 0.3) is 10.2 Å². The summed E-state index contributed by atoms with van der Waals surface area (Å²) in [6.45, 7) is 4.15. The van der Waals surface area contributed by atoms with Crippen LogP contribution in [0.3, 0.4) is 0 Å². The molecule has 17 heavy (non-hydrogen) atoms. The van der Waals surface area contributed by atoms with Crippen LogP contribution in [0.5, 0.6) is 0 Å². The zero-order valence-electron chi connectivity index (χ0n) is 10.0. The Labute approximate surface area is 105 Å². The number of fused-ring (bicyclic) bond motifs is 1. The third-order valence-corrected chi connectivity index (χ3v) is 4.31. The van der Waals surface area contributed by atoms with Gasteiger partial charge in [0, 0.05) is 19.1 Å². The lowest BCUT2D eigenvalue weighted by Gasteiger charge is -2.32. The minimum absolute atomic E-state index is 0.313. The molecule has 1 unspecified atom stereocenters. The van der Waals surface area contributed by atoms with Crippen molar-refractivity contribution < 1.29 is 0 Å². The fraction of sp³-hybridized carbons (Fsp3) is 0.462. The number of nitrogens with zero attached hydrogens (tertiary/aromatic N) is 2. The van der Waals surface area contributed by atoms with Gasteiger partial charge >= 0.3 is 0 Å². The zero-order valence-corrected chi connectivity index (χ0v) is 10.8. The third-order valence-electron chi connectivity index (χ3n) is 3.30. The van der Waals surface area contributed by atoms with Gasteiger partial charge in [-0.15, -0.1) is 11.3 Å². The van der Waals surface area contributed by atoms with E-state index in [0.29, 0.717) is 6.04 Å². The van der Waals surface area contributed by atoms with Gasteiger partial charge in [0.2, 0.25) is 0 Å². The maximum absolute atomic E-state index is 6.06. The van der Waals surface area contributed by atoms with E-state index < -0.39 is 0 Å². The number of anilines is 1. The second-order valence-electron chi connectivity index (χ2n) is 4.71. The molecule has 1 atom stereocenters. The van der Waals surface area contributed by atoms with Gasteiger partial charge in [-0.3, -0.25) is 0 Å². The first-order valence-electron chi connectivity index (χ1n) is 6.11. The van der Waals surface area contributed by atoms with Gasteiger partial charge in [-0.2, -0.15) is 0 Å². The van der Waals surface area contributed by atoms with E-state index >= 15 is 0 Å². The van der Waals surface area contributed by atoms with Gasteiger partial charge in [-0.25, -0.2) is 4.98 Å². The highest BCUT2D eigenvalue weighted by atomic mass is 32.1. The van der Waals surface area contributed by atoms with Crippen LogP contribution in [0, 0.1) is 6.92 Å². The highest BCUT2D eigenvalue weighted by Crippen LogP contribution is 2.32. The highest BCUT2D eigenvalue weighted by Gasteiger charge is 2.19. The molecule has 1 fully saturated rings. The Morgan fingerprint density at radius 2 is 2.35 bits per heavy atom. The first-order valence-corrected chi connectivity index (χ1v) is 6.92. The minimum atomic E-state index is 0.313. The van der Waals surface area contributed by atoms with Crippen molar-refractivity contribution in [3.8, 4) is 0 Å². The van der Waals surface area contributed by atoms with Gasteiger partial charge in [0.25, 0.3) is 0 Å². The van der Waals surface area contributed by atoms with E-state index in [1.807, 2.05) is 0 Å². The van der Waals surface area contributed by atoms with Crippen LogP contribution in [0.4, 0.5) is 5.69 Å². The molecule has 1 aromatic carbocycles. The van der Waals surface area contributed by atoms with Crippen LogP contribution in [-0.4, -0.2) is 24.1 Å². The van der Waals surface area contributed by atoms with Crippen molar-refractivity contribution in [2.24, 2.45) is 5.73 Å². The molecule has 90 valence electrons. The number of rotatable bonds is 1. The summed E-state index contributed by atoms with van der Waals surface area (Å²) in [6.07, 6.45) is 2.34. The SMILES string of the molecule is Cc1nc2cccc(N3CCCC(N)C3)c2s1. The number of hydrogen-bond acceptors (Lipinski definition) is 4. The summed E-state index contributed by atoms with van der Waals surface area (Å²) in [5.41, 5.74) is 8.48. The van der Waals surface area contributed by atoms with Gasteiger partial charge in [0.1, 0.15) is 0 Å². The molecule has 4 heteroatoms. The van der Waals surface area contributed by atoms with E-state index in [1.54, 1.807) is 11.3 Å². The standard InChI is InChI=1S/C13H17N3S/c1-9-15-11-5-2-6-12(13(11)17-9)16-7-3-4-10(14)8-16/h2,5-6,10H,3-4,7-8,14H2,1H3. The smallest absolute Gasteiger partial charge is 0.0908 e. The largest absolute Gasteiger partial charge is 0.369 e. The number of aromatic nitrogens is 1. The van der Waals surface area contributed by atoms with Crippen LogP contribution in [0.2, 0.25) is 0 Å². The van der Waals surface area contributed by atoms with E-state index in [4.69, 9.17) is 5.73 Å². The normalized spacial score (nSPS) is 21.1. The minimum Gasteiger partial charge on any atom is -0.369 e. The average Bonchev–Trinajstić information content (AvgIpc) is 2.68. The Morgan fingerprint density at radius 1 is 1.47 bits per heavy atom. The van der Waals surface area contributed by atoms with Crippen molar-refractivity contribution in [1.29, 1.82) is 0 Å². The molecule has 1 aromatic heterocycles. The maximum atomic E-state index is 6.06. The van der Waals surface area contributed by atoms with E-state index in [9.17, 15) is 0 Å². The van der Waals surface area contributed by atoms with Crippen molar-refractivity contribution >= 4 is 27.2 Å². The molecule has 0 radical (unpaired) electrons. The summed E-state index contributed by atoms with van der Waals surface area (Å²) in [7, 11) is 0. The zero-order chi connectivity index (χ0) is 11.8. The van der Waals surface area contributed by atoms with E-state index in [1.165, 1.54) is 16.8 Å². The Kier molecular flexibility index (Phi) is 2.76. The number of thiazole rings is 1. The molecule has 1 aliphatic rings. The Bertz CT molecular complexity index is 534.